The van der Waals surface area contributed by atoms with Crippen LogP contribution in [-0.4, -0.2) is 41.4 Å². The largest absolute Gasteiger partial charge is 0.489 e. The number of rotatable bonds is 7. The Balaban J connectivity index is 1.46. The van der Waals surface area contributed by atoms with E-state index in [4.69, 9.17) is 10.5 Å². The maximum Gasteiger partial charge on any atom is 0.254 e. The predicted molar refractivity (Wildman–Crippen MR) is 92.1 cm³/mol. The molecule has 0 saturated carbocycles. The number of hydrogen-bond donors (Lipinski definition) is 3. The number of benzene rings is 1. The summed E-state index contributed by atoms with van der Waals surface area (Å²) in [5.74, 6) is 0.409. The van der Waals surface area contributed by atoms with Crippen LogP contribution in [-0.2, 0) is 6.54 Å². The number of fused-ring (bicyclic) bond motifs is 1. The fourth-order valence-electron chi connectivity index (χ4n) is 2.78. The molecule has 0 fully saturated rings. The molecule has 3 rings (SSSR count). The van der Waals surface area contributed by atoms with Crippen molar-refractivity contribution in [1.82, 2.24) is 15.1 Å². The van der Waals surface area contributed by atoms with Gasteiger partial charge in [0.2, 0.25) is 0 Å². The SMILES string of the molecule is C[C@@H](COc1ccccc1F)NC[C@H]1CNc2c(C(N)=O)cnn2C1. The first-order valence-corrected chi connectivity index (χ1v) is 8.24. The van der Waals surface area contributed by atoms with E-state index in [1.165, 1.54) is 12.3 Å². The van der Waals surface area contributed by atoms with E-state index in [0.717, 1.165) is 13.1 Å². The summed E-state index contributed by atoms with van der Waals surface area (Å²) in [4.78, 5) is 11.3. The summed E-state index contributed by atoms with van der Waals surface area (Å²) in [7, 11) is 0. The number of carbonyl (C=O) groups is 1. The van der Waals surface area contributed by atoms with Crippen molar-refractivity contribution in [2.75, 3.05) is 25.0 Å². The van der Waals surface area contributed by atoms with Crippen molar-refractivity contribution in [2.45, 2.75) is 19.5 Å². The highest BCUT2D eigenvalue weighted by atomic mass is 19.1. The van der Waals surface area contributed by atoms with Gasteiger partial charge in [-0.25, -0.2) is 9.07 Å². The molecule has 1 aromatic heterocycles. The summed E-state index contributed by atoms with van der Waals surface area (Å²) in [6, 6.07) is 6.44. The lowest BCUT2D eigenvalue weighted by molar-refractivity contribution is 0.100. The molecular weight excluding hydrogens is 325 g/mol. The fourth-order valence-corrected chi connectivity index (χ4v) is 2.78. The number of nitrogens with one attached hydrogen (secondary N) is 2. The number of anilines is 1. The molecule has 1 aliphatic heterocycles. The monoisotopic (exact) mass is 347 g/mol. The summed E-state index contributed by atoms with van der Waals surface area (Å²) in [5, 5.41) is 10.8. The standard InChI is InChI=1S/C17H22FN5O2/c1-11(10-25-15-5-3-2-4-14(15)18)20-6-12-7-21-17-13(16(19)24)8-22-23(17)9-12/h2-5,8,11-12,20-21H,6-7,9-10H2,1H3,(H2,19,24)/t11-,12-/m0/s1. The number of primary amides is 1. The van der Waals surface area contributed by atoms with Gasteiger partial charge in [-0.2, -0.15) is 5.10 Å². The molecule has 7 nitrogen and oxygen atoms in total. The number of halogens is 1. The number of nitrogens with two attached hydrogens (primary N) is 1. The van der Waals surface area contributed by atoms with E-state index in [1.54, 1.807) is 22.9 Å². The first kappa shape index (κ1) is 17.2. The highest BCUT2D eigenvalue weighted by Crippen LogP contribution is 2.21. The van der Waals surface area contributed by atoms with E-state index in [1.807, 2.05) is 6.92 Å². The van der Waals surface area contributed by atoms with Crippen LogP contribution in [0.15, 0.2) is 30.5 Å². The van der Waals surface area contributed by atoms with Crippen LogP contribution in [0.3, 0.4) is 0 Å². The average Bonchev–Trinajstić information content (AvgIpc) is 3.02. The molecule has 0 aliphatic carbocycles. The summed E-state index contributed by atoms with van der Waals surface area (Å²) < 4.78 is 20.8. The van der Waals surface area contributed by atoms with E-state index in [2.05, 4.69) is 15.7 Å². The smallest absolute Gasteiger partial charge is 0.254 e. The molecule has 0 unspecified atom stereocenters. The first-order valence-electron chi connectivity index (χ1n) is 8.24. The van der Waals surface area contributed by atoms with E-state index in [9.17, 15) is 9.18 Å². The van der Waals surface area contributed by atoms with Crippen LogP contribution >= 0.6 is 0 Å². The van der Waals surface area contributed by atoms with Gasteiger partial charge < -0.3 is 21.1 Å². The van der Waals surface area contributed by atoms with Gasteiger partial charge in [-0.1, -0.05) is 12.1 Å². The summed E-state index contributed by atoms with van der Waals surface area (Å²) in [6.45, 7) is 4.53. The lowest BCUT2D eigenvalue weighted by atomic mass is 10.1. The lowest BCUT2D eigenvalue weighted by Gasteiger charge is -2.27. The molecule has 4 N–H and O–H groups in total. The van der Waals surface area contributed by atoms with Crippen LogP contribution in [0.2, 0.25) is 0 Å². The maximum atomic E-state index is 13.5. The number of amides is 1. The Labute approximate surface area is 145 Å². The molecule has 0 bridgehead atoms. The number of nitrogens with zero attached hydrogens (tertiary/aromatic N) is 2. The molecule has 2 heterocycles. The molecular formula is C17H22FN5O2. The lowest BCUT2D eigenvalue weighted by Crippen LogP contribution is -2.40. The maximum absolute atomic E-state index is 13.5. The van der Waals surface area contributed by atoms with Crippen molar-refractivity contribution in [1.29, 1.82) is 0 Å². The molecule has 0 radical (unpaired) electrons. The minimum atomic E-state index is -0.482. The van der Waals surface area contributed by atoms with Crippen molar-refractivity contribution < 1.29 is 13.9 Å². The average molecular weight is 347 g/mol. The van der Waals surface area contributed by atoms with Gasteiger partial charge in [0.05, 0.1) is 6.20 Å². The molecule has 0 saturated heterocycles. The molecule has 1 aromatic carbocycles. The van der Waals surface area contributed by atoms with Crippen LogP contribution in [0, 0.1) is 11.7 Å². The van der Waals surface area contributed by atoms with E-state index < -0.39 is 5.91 Å². The van der Waals surface area contributed by atoms with Crippen LogP contribution in [0.4, 0.5) is 10.2 Å². The molecule has 1 aliphatic rings. The van der Waals surface area contributed by atoms with Gasteiger partial charge in [-0.15, -0.1) is 0 Å². The van der Waals surface area contributed by atoms with Gasteiger partial charge >= 0.3 is 0 Å². The third-order valence-electron chi connectivity index (χ3n) is 4.17. The number of ether oxygens (including phenoxy) is 1. The van der Waals surface area contributed by atoms with Gasteiger partial charge in [-0.3, -0.25) is 4.79 Å². The van der Waals surface area contributed by atoms with Crippen LogP contribution in [0.25, 0.3) is 0 Å². The quantitative estimate of drug-likeness (QED) is 0.700. The summed E-state index contributed by atoms with van der Waals surface area (Å²) in [6.07, 6.45) is 1.49. The van der Waals surface area contributed by atoms with Crippen molar-refractivity contribution in [3.05, 3.63) is 41.8 Å². The topological polar surface area (TPSA) is 94.2 Å². The molecule has 2 aromatic rings. The minimum Gasteiger partial charge on any atom is -0.489 e. The van der Waals surface area contributed by atoms with Gasteiger partial charge in [0, 0.05) is 31.6 Å². The minimum absolute atomic E-state index is 0.0693. The normalized spacial score (nSPS) is 17.4. The number of carbonyl (C=O) groups excluding carboxylic acids is 1. The molecule has 2 atom stereocenters. The third-order valence-corrected chi connectivity index (χ3v) is 4.17. The van der Waals surface area contributed by atoms with Crippen LogP contribution in [0.5, 0.6) is 5.75 Å². The molecule has 25 heavy (non-hydrogen) atoms. The second-order valence-electron chi connectivity index (χ2n) is 6.25. The van der Waals surface area contributed by atoms with E-state index in [0.29, 0.717) is 30.5 Å². The highest BCUT2D eigenvalue weighted by Gasteiger charge is 2.23. The second kappa shape index (κ2) is 7.52. The number of para-hydroxylation sites is 1. The van der Waals surface area contributed by atoms with Gasteiger partial charge in [0.15, 0.2) is 11.6 Å². The zero-order chi connectivity index (χ0) is 17.8. The van der Waals surface area contributed by atoms with Gasteiger partial charge in [-0.05, 0) is 19.1 Å². The Kier molecular flexibility index (Phi) is 5.18. The number of aromatic nitrogens is 2. The fraction of sp³-hybridized carbons (Fsp3) is 0.412. The summed E-state index contributed by atoms with van der Waals surface area (Å²) in [5.41, 5.74) is 5.74. The van der Waals surface area contributed by atoms with Crippen molar-refractivity contribution in [2.24, 2.45) is 11.7 Å². The first-order chi connectivity index (χ1) is 12.0. The zero-order valence-corrected chi connectivity index (χ0v) is 14.0. The van der Waals surface area contributed by atoms with Crippen LogP contribution in [0.1, 0.15) is 17.3 Å². The zero-order valence-electron chi connectivity index (χ0n) is 14.0. The third kappa shape index (κ3) is 4.08. The molecule has 1 amide bonds. The van der Waals surface area contributed by atoms with E-state index >= 15 is 0 Å². The van der Waals surface area contributed by atoms with Crippen molar-refractivity contribution >= 4 is 11.7 Å². The Bertz CT molecular complexity index is 748. The van der Waals surface area contributed by atoms with Crippen molar-refractivity contribution in [3.63, 3.8) is 0 Å². The molecule has 0 spiro atoms. The second-order valence-corrected chi connectivity index (χ2v) is 6.25. The predicted octanol–water partition coefficient (Wildman–Crippen LogP) is 1.22. The summed E-state index contributed by atoms with van der Waals surface area (Å²) >= 11 is 0. The van der Waals surface area contributed by atoms with Gasteiger partial charge in [0.1, 0.15) is 18.0 Å². The van der Waals surface area contributed by atoms with Crippen molar-refractivity contribution in [3.8, 4) is 5.75 Å². The Morgan fingerprint density at radius 1 is 1.56 bits per heavy atom. The number of hydrogen-bond acceptors (Lipinski definition) is 5. The highest BCUT2D eigenvalue weighted by molar-refractivity contribution is 5.97. The van der Waals surface area contributed by atoms with Gasteiger partial charge in [0.25, 0.3) is 5.91 Å². The van der Waals surface area contributed by atoms with E-state index in [-0.39, 0.29) is 17.6 Å². The Hall–Kier alpha value is -2.61. The molecule has 8 heteroatoms. The Morgan fingerprint density at radius 2 is 2.36 bits per heavy atom. The van der Waals surface area contributed by atoms with Crippen LogP contribution < -0.4 is 21.1 Å². The Morgan fingerprint density at radius 3 is 3.12 bits per heavy atom. The molecule has 134 valence electrons.